The van der Waals surface area contributed by atoms with Gasteiger partial charge in [-0.3, -0.25) is 4.79 Å². The van der Waals surface area contributed by atoms with E-state index in [1.54, 1.807) is 12.5 Å². The molecule has 1 aliphatic rings. The van der Waals surface area contributed by atoms with Crippen LogP contribution in [-0.2, 0) is 4.79 Å². The van der Waals surface area contributed by atoms with Crippen LogP contribution in [0.5, 0.6) is 0 Å². The highest BCUT2D eigenvalue weighted by molar-refractivity contribution is 5.97. The van der Waals surface area contributed by atoms with Crippen molar-refractivity contribution < 1.29 is 4.79 Å². The van der Waals surface area contributed by atoms with E-state index >= 15 is 0 Å². The SMILES string of the molecule is CCC(=O)N1C[C@H](C)C[C@H](Nc2c(-c3ccncn3)cnc3[nH]ccc23)C1. The predicted molar refractivity (Wildman–Crippen MR) is 105 cm³/mol. The first-order valence-corrected chi connectivity index (χ1v) is 9.42. The molecule has 4 rings (SSSR count). The van der Waals surface area contributed by atoms with Crippen LogP contribution in [0.1, 0.15) is 26.7 Å². The van der Waals surface area contributed by atoms with Gasteiger partial charge in [0.25, 0.3) is 0 Å². The number of fused-ring (bicyclic) bond motifs is 1. The Kier molecular flexibility index (Phi) is 4.75. The van der Waals surface area contributed by atoms with E-state index in [2.05, 4.69) is 32.2 Å². The van der Waals surface area contributed by atoms with Gasteiger partial charge in [0.2, 0.25) is 5.91 Å². The van der Waals surface area contributed by atoms with Gasteiger partial charge < -0.3 is 15.2 Å². The zero-order valence-electron chi connectivity index (χ0n) is 15.6. The molecular weight excluding hydrogens is 340 g/mol. The van der Waals surface area contributed by atoms with Gasteiger partial charge in [-0.2, -0.15) is 0 Å². The number of anilines is 1. The minimum absolute atomic E-state index is 0.185. The molecule has 2 atom stereocenters. The summed E-state index contributed by atoms with van der Waals surface area (Å²) in [7, 11) is 0. The Labute approximate surface area is 158 Å². The minimum Gasteiger partial charge on any atom is -0.379 e. The molecule has 140 valence electrons. The molecule has 2 N–H and O–H groups in total. The summed E-state index contributed by atoms with van der Waals surface area (Å²) in [5.41, 5.74) is 3.60. The number of carbonyl (C=O) groups excluding carboxylic acids is 1. The molecule has 0 aliphatic carbocycles. The molecule has 3 aromatic heterocycles. The summed E-state index contributed by atoms with van der Waals surface area (Å²) in [4.78, 5) is 30.3. The molecule has 1 aliphatic heterocycles. The third-order valence-electron chi connectivity index (χ3n) is 5.11. The average molecular weight is 364 g/mol. The normalized spacial score (nSPS) is 20.0. The predicted octanol–water partition coefficient (Wildman–Crippen LogP) is 3.08. The summed E-state index contributed by atoms with van der Waals surface area (Å²) >= 11 is 0. The van der Waals surface area contributed by atoms with Crippen molar-refractivity contribution in [2.45, 2.75) is 32.7 Å². The molecule has 0 radical (unpaired) electrons. The van der Waals surface area contributed by atoms with Crippen LogP contribution in [-0.4, -0.2) is 49.9 Å². The maximum absolute atomic E-state index is 12.2. The summed E-state index contributed by atoms with van der Waals surface area (Å²) in [6.07, 6.45) is 8.57. The van der Waals surface area contributed by atoms with E-state index in [4.69, 9.17) is 0 Å². The Morgan fingerprint density at radius 1 is 1.33 bits per heavy atom. The van der Waals surface area contributed by atoms with Crippen molar-refractivity contribution in [2.75, 3.05) is 18.4 Å². The van der Waals surface area contributed by atoms with Crippen molar-refractivity contribution in [1.29, 1.82) is 0 Å². The van der Waals surface area contributed by atoms with E-state index in [0.29, 0.717) is 18.9 Å². The van der Waals surface area contributed by atoms with Gasteiger partial charge in [0.1, 0.15) is 12.0 Å². The Balaban J connectivity index is 1.70. The van der Waals surface area contributed by atoms with Crippen LogP contribution in [0.25, 0.3) is 22.3 Å². The van der Waals surface area contributed by atoms with E-state index in [9.17, 15) is 4.79 Å². The second-order valence-corrected chi connectivity index (χ2v) is 7.22. The Hall–Kier alpha value is -2.96. The second-order valence-electron chi connectivity index (χ2n) is 7.22. The topological polar surface area (TPSA) is 86.8 Å². The van der Waals surface area contributed by atoms with Crippen LogP contribution in [0.3, 0.4) is 0 Å². The van der Waals surface area contributed by atoms with E-state index in [1.807, 2.05) is 36.4 Å². The monoisotopic (exact) mass is 364 g/mol. The number of likely N-dealkylation sites (tertiary alicyclic amines) is 1. The lowest BCUT2D eigenvalue weighted by atomic mass is 9.95. The van der Waals surface area contributed by atoms with Crippen LogP contribution in [0.2, 0.25) is 0 Å². The van der Waals surface area contributed by atoms with Crippen LogP contribution in [0, 0.1) is 5.92 Å². The molecular formula is C20H24N6O. The van der Waals surface area contributed by atoms with E-state index in [0.717, 1.165) is 40.9 Å². The Morgan fingerprint density at radius 2 is 2.22 bits per heavy atom. The zero-order valence-corrected chi connectivity index (χ0v) is 15.6. The molecule has 27 heavy (non-hydrogen) atoms. The van der Waals surface area contributed by atoms with Gasteiger partial charge in [-0.25, -0.2) is 15.0 Å². The van der Waals surface area contributed by atoms with Crippen LogP contribution in [0.4, 0.5) is 5.69 Å². The van der Waals surface area contributed by atoms with Crippen molar-refractivity contribution >= 4 is 22.6 Å². The van der Waals surface area contributed by atoms with Crippen molar-refractivity contribution in [3.05, 3.63) is 37.1 Å². The molecule has 3 aromatic rings. The van der Waals surface area contributed by atoms with Crippen molar-refractivity contribution in [2.24, 2.45) is 5.92 Å². The molecule has 0 unspecified atom stereocenters. The van der Waals surface area contributed by atoms with Crippen molar-refractivity contribution in [3.8, 4) is 11.3 Å². The first kappa shape index (κ1) is 17.5. The van der Waals surface area contributed by atoms with Gasteiger partial charge in [-0.05, 0) is 24.5 Å². The van der Waals surface area contributed by atoms with E-state index < -0.39 is 0 Å². The molecule has 1 amide bonds. The highest BCUT2D eigenvalue weighted by atomic mass is 16.2. The maximum atomic E-state index is 12.2. The molecule has 0 aromatic carbocycles. The van der Waals surface area contributed by atoms with Crippen LogP contribution < -0.4 is 5.32 Å². The molecule has 0 saturated carbocycles. The van der Waals surface area contributed by atoms with Crippen molar-refractivity contribution in [1.82, 2.24) is 24.8 Å². The molecule has 1 fully saturated rings. The highest BCUT2D eigenvalue weighted by Gasteiger charge is 2.28. The number of hydrogen-bond acceptors (Lipinski definition) is 5. The smallest absolute Gasteiger partial charge is 0.222 e. The maximum Gasteiger partial charge on any atom is 0.222 e. The number of H-pyrrole nitrogens is 1. The van der Waals surface area contributed by atoms with Gasteiger partial charge >= 0.3 is 0 Å². The summed E-state index contributed by atoms with van der Waals surface area (Å²) in [6, 6.07) is 4.10. The molecule has 7 heteroatoms. The minimum atomic E-state index is 0.185. The summed E-state index contributed by atoms with van der Waals surface area (Å²) in [6.45, 7) is 5.67. The van der Waals surface area contributed by atoms with E-state index in [1.165, 1.54) is 0 Å². The molecule has 1 saturated heterocycles. The number of carbonyl (C=O) groups is 1. The Morgan fingerprint density at radius 3 is 3.00 bits per heavy atom. The summed E-state index contributed by atoms with van der Waals surface area (Å²) < 4.78 is 0. The van der Waals surface area contributed by atoms with Gasteiger partial charge in [-0.1, -0.05) is 13.8 Å². The van der Waals surface area contributed by atoms with Crippen LogP contribution >= 0.6 is 0 Å². The van der Waals surface area contributed by atoms with Crippen LogP contribution in [0.15, 0.2) is 37.1 Å². The zero-order chi connectivity index (χ0) is 18.8. The number of nitrogens with one attached hydrogen (secondary N) is 2. The van der Waals surface area contributed by atoms with Gasteiger partial charge in [0.15, 0.2) is 0 Å². The number of pyridine rings is 1. The summed E-state index contributed by atoms with van der Waals surface area (Å²) in [5.74, 6) is 0.670. The first-order chi connectivity index (χ1) is 13.2. The molecule has 4 heterocycles. The second kappa shape index (κ2) is 7.34. The lowest BCUT2D eigenvalue weighted by molar-refractivity contribution is -0.132. The number of hydrogen-bond donors (Lipinski definition) is 2. The fraction of sp³-hybridized carbons (Fsp3) is 0.400. The van der Waals surface area contributed by atoms with Gasteiger partial charge in [0.05, 0.1) is 11.4 Å². The van der Waals surface area contributed by atoms with Crippen molar-refractivity contribution in [3.63, 3.8) is 0 Å². The average Bonchev–Trinajstić information content (AvgIpc) is 3.17. The van der Waals surface area contributed by atoms with Gasteiger partial charge in [-0.15, -0.1) is 0 Å². The third-order valence-corrected chi connectivity index (χ3v) is 5.11. The Bertz CT molecular complexity index is 938. The quantitative estimate of drug-likeness (QED) is 0.743. The lowest BCUT2D eigenvalue weighted by Gasteiger charge is -2.37. The lowest BCUT2D eigenvalue weighted by Crippen LogP contribution is -2.48. The highest BCUT2D eigenvalue weighted by Crippen LogP contribution is 2.34. The molecule has 0 spiro atoms. The fourth-order valence-corrected chi connectivity index (χ4v) is 3.90. The first-order valence-electron chi connectivity index (χ1n) is 9.42. The fourth-order valence-electron chi connectivity index (χ4n) is 3.90. The van der Waals surface area contributed by atoms with E-state index in [-0.39, 0.29) is 11.9 Å². The third kappa shape index (κ3) is 3.49. The number of aromatic amines is 1. The number of rotatable bonds is 4. The standard InChI is InChI=1S/C20H24N6O/c1-3-18(27)26-10-13(2)8-14(11-26)25-19-15-4-7-22-20(15)23-9-16(19)17-5-6-21-12-24-17/h4-7,9,12-14H,3,8,10-11H2,1-2H3,(H2,22,23,25)/t13-,14+/m1/s1. The number of amides is 1. The molecule has 7 nitrogen and oxygen atoms in total. The number of nitrogens with zero attached hydrogens (tertiary/aromatic N) is 4. The van der Waals surface area contributed by atoms with Gasteiger partial charge in [0, 0.05) is 55.1 Å². The molecule has 0 bridgehead atoms. The number of piperidine rings is 1. The largest absolute Gasteiger partial charge is 0.379 e. The summed E-state index contributed by atoms with van der Waals surface area (Å²) in [5, 5.41) is 4.73. The number of aromatic nitrogens is 4.